The quantitative estimate of drug-likeness (QED) is 0.229. The zero-order chi connectivity index (χ0) is 26.4. The van der Waals surface area contributed by atoms with Gasteiger partial charge in [0, 0.05) is 23.8 Å². The first-order valence-corrected chi connectivity index (χ1v) is 13.8. The number of thiazole rings is 1. The summed E-state index contributed by atoms with van der Waals surface area (Å²) in [5, 5.41) is 27.3. The van der Waals surface area contributed by atoms with E-state index in [4.69, 9.17) is 11.6 Å². The minimum Gasteiger partial charge on any atom is -0.383 e. The number of rotatable bonds is 7. The van der Waals surface area contributed by atoms with E-state index < -0.39 is 0 Å². The van der Waals surface area contributed by atoms with Gasteiger partial charge in [-0.05, 0) is 42.0 Å². The Morgan fingerprint density at radius 1 is 1.24 bits per heavy atom. The molecule has 0 radical (unpaired) electrons. The van der Waals surface area contributed by atoms with E-state index in [0.29, 0.717) is 28.7 Å². The average molecular weight is 543 g/mol. The highest BCUT2D eigenvalue weighted by atomic mass is 35.5. The number of fused-ring (bicyclic) bond motifs is 2. The van der Waals surface area contributed by atoms with Gasteiger partial charge in [-0.1, -0.05) is 49.7 Å². The van der Waals surface area contributed by atoms with Crippen molar-refractivity contribution in [2.45, 2.75) is 45.7 Å². The lowest BCUT2D eigenvalue weighted by atomic mass is 9.96. The third kappa shape index (κ3) is 4.77. The lowest BCUT2D eigenvalue weighted by molar-refractivity contribution is 0.443. The van der Waals surface area contributed by atoms with E-state index in [9.17, 15) is 5.26 Å². The SMILES string of the molecule is CC(C)(C)CNc1c(C#N)cnc2c(Cl)cc(NC(c3cn(C4CC4)nn3)c3cccc4ncsc34)cc12. The van der Waals surface area contributed by atoms with Gasteiger partial charge in [0.1, 0.15) is 11.8 Å². The van der Waals surface area contributed by atoms with E-state index >= 15 is 0 Å². The number of aromatic nitrogens is 5. The van der Waals surface area contributed by atoms with Crippen LogP contribution in [0.1, 0.15) is 62.5 Å². The molecule has 1 aliphatic carbocycles. The van der Waals surface area contributed by atoms with Crippen molar-refractivity contribution in [3.63, 3.8) is 0 Å². The van der Waals surface area contributed by atoms with Crippen molar-refractivity contribution in [3.8, 4) is 6.07 Å². The molecule has 2 N–H and O–H groups in total. The molecular weight excluding hydrogens is 516 g/mol. The zero-order valence-electron chi connectivity index (χ0n) is 21.4. The Hall–Kier alpha value is -3.74. The molecule has 1 unspecified atom stereocenters. The van der Waals surface area contributed by atoms with Crippen LogP contribution in [0.15, 0.2) is 48.2 Å². The highest BCUT2D eigenvalue weighted by Crippen LogP contribution is 2.39. The summed E-state index contributed by atoms with van der Waals surface area (Å²) in [6.45, 7) is 7.13. The number of pyridine rings is 1. The Morgan fingerprint density at radius 3 is 2.84 bits per heavy atom. The predicted molar refractivity (Wildman–Crippen MR) is 153 cm³/mol. The van der Waals surface area contributed by atoms with Gasteiger partial charge in [0.2, 0.25) is 0 Å². The highest BCUT2D eigenvalue weighted by Gasteiger charge is 2.28. The molecular formula is C28H27ClN8S. The Bertz CT molecular complexity index is 1690. The van der Waals surface area contributed by atoms with E-state index in [1.165, 1.54) is 0 Å². The van der Waals surface area contributed by atoms with Gasteiger partial charge >= 0.3 is 0 Å². The smallest absolute Gasteiger partial charge is 0.110 e. The lowest BCUT2D eigenvalue weighted by Crippen LogP contribution is -2.20. The van der Waals surface area contributed by atoms with Crippen molar-refractivity contribution in [1.82, 2.24) is 25.0 Å². The molecule has 1 fully saturated rings. The van der Waals surface area contributed by atoms with E-state index in [-0.39, 0.29) is 11.5 Å². The first kappa shape index (κ1) is 24.6. The van der Waals surface area contributed by atoms with Crippen LogP contribution < -0.4 is 10.6 Å². The van der Waals surface area contributed by atoms with Crippen LogP contribution in [0.3, 0.4) is 0 Å². The summed E-state index contributed by atoms with van der Waals surface area (Å²) in [7, 11) is 0. The number of nitrogens with one attached hydrogen (secondary N) is 2. The van der Waals surface area contributed by atoms with E-state index in [0.717, 1.165) is 51.1 Å². The molecule has 5 aromatic rings. The fourth-order valence-electron chi connectivity index (χ4n) is 4.53. The van der Waals surface area contributed by atoms with E-state index in [1.807, 2.05) is 40.7 Å². The summed E-state index contributed by atoms with van der Waals surface area (Å²) in [4.78, 5) is 9.02. The second-order valence-corrected chi connectivity index (χ2v) is 12.2. The van der Waals surface area contributed by atoms with Gasteiger partial charge in [0.15, 0.2) is 0 Å². The topological polar surface area (TPSA) is 104 Å². The summed E-state index contributed by atoms with van der Waals surface area (Å²) < 4.78 is 3.06. The molecule has 0 aliphatic heterocycles. The Labute approximate surface area is 229 Å². The monoisotopic (exact) mass is 542 g/mol. The number of halogens is 1. The molecule has 3 aromatic heterocycles. The maximum Gasteiger partial charge on any atom is 0.110 e. The second kappa shape index (κ2) is 9.53. The van der Waals surface area contributed by atoms with Gasteiger partial charge < -0.3 is 10.6 Å². The third-order valence-electron chi connectivity index (χ3n) is 6.59. The Morgan fingerprint density at radius 2 is 2.08 bits per heavy atom. The van der Waals surface area contributed by atoms with Gasteiger partial charge in [-0.25, -0.2) is 9.67 Å². The van der Waals surface area contributed by atoms with Crippen molar-refractivity contribution in [3.05, 3.63) is 70.1 Å². The fourth-order valence-corrected chi connectivity index (χ4v) is 5.63. The lowest BCUT2D eigenvalue weighted by Gasteiger charge is -2.22. The summed E-state index contributed by atoms with van der Waals surface area (Å²) >= 11 is 8.38. The van der Waals surface area contributed by atoms with Crippen LogP contribution in [0.5, 0.6) is 0 Å². The molecule has 192 valence electrons. The summed E-state index contributed by atoms with van der Waals surface area (Å²) in [6, 6.07) is 12.4. The molecule has 2 aromatic carbocycles. The molecule has 1 saturated carbocycles. The first-order chi connectivity index (χ1) is 18.3. The van der Waals surface area contributed by atoms with Crippen molar-refractivity contribution >= 4 is 55.4 Å². The largest absolute Gasteiger partial charge is 0.383 e. The molecule has 0 saturated heterocycles. The molecule has 38 heavy (non-hydrogen) atoms. The second-order valence-electron chi connectivity index (χ2n) is 10.9. The molecule has 0 amide bonds. The van der Waals surface area contributed by atoms with E-state index in [2.05, 4.69) is 63.8 Å². The Kier molecular flexibility index (Phi) is 6.17. The van der Waals surface area contributed by atoms with E-state index in [1.54, 1.807) is 17.5 Å². The minimum atomic E-state index is -0.279. The number of benzene rings is 2. The van der Waals surface area contributed by atoms with Crippen molar-refractivity contribution < 1.29 is 0 Å². The van der Waals surface area contributed by atoms with Crippen LogP contribution in [0, 0.1) is 16.7 Å². The molecule has 0 bridgehead atoms. The molecule has 0 spiro atoms. The van der Waals surface area contributed by atoms with Crippen LogP contribution >= 0.6 is 22.9 Å². The first-order valence-electron chi connectivity index (χ1n) is 12.6. The van der Waals surface area contributed by atoms with Crippen LogP contribution in [-0.4, -0.2) is 31.5 Å². The molecule has 1 aliphatic rings. The van der Waals surface area contributed by atoms with Gasteiger partial charge in [-0.3, -0.25) is 4.98 Å². The normalized spacial score (nSPS) is 14.5. The van der Waals surface area contributed by atoms with Crippen LogP contribution in [0.4, 0.5) is 11.4 Å². The third-order valence-corrected chi connectivity index (χ3v) is 7.77. The van der Waals surface area contributed by atoms with Crippen molar-refractivity contribution in [2.75, 3.05) is 17.2 Å². The van der Waals surface area contributed by atoms with Gasteiger partial charge in [-0.15, -0.1) is 16.4 Å². The van der Waals surface area contributed by atoms with Gasteiger partial charge in [0.05, 0.1) is 55.8 Å². The number of nitriles is 1. The molecule has 1 atom stereocenters. The zero-order valence-corrected chi connectivity index (χ0v) is 22.9. The maximum absolute atomic E-state index is 9.82. The molecule has 10 heteroatoms. The van der Waals surface area contributed by atoms with Crippen LogP contribution in [0.25, 0.3) is 21.1 Å². The number of nitrogens with zero attached hydrogens (tertiary/aromatic N) is 6. The van der Waals surface area contributed by atoms with Gasteiger partial charge in [-0.2, -0.15) is 5.26 Å². The highest BCUT2D eigenvalue weighted by molar-refractivity contribution is 7.17. The molecule has 3 heterocycles. The standard InChI is InChI=1S/C28H27ClN8S/c1-28(2,3)14-32-24-16(11-30)12-31-25-20(24)9-17(10-21(25)29)34-26(23-13-37(36-35-23)18-7-8-18)19-5-4-6-22-27(19)38-15-33-22/h4-6,9-10,12-13,15,18,26,34H,7-8,14H2,1-3H3,(H,31,32). The molecule has 8 nitrogen and oxygen atoms in total. The molecule has 6 rings (SSSR count). The van der Waals surface area contributed by atoms with Crippen molar-refractivity contribution in [2.24, 2.45) is 5.41 Å². The van der Waals surface area contributed by atoms with Gasteiger partial charge in [0.25, 0.3) is 0 Å². The summed E-state index contributed by atoms with van der Waals surface area (Å²) in [5.41, 5.74) is 7.38. The van der Waals surface area contributed by atoms with Crippen molar-refractivity contribution in [1.29, 1.82) is 5.26 Å². The van der Waals surface area contributed by atoms with Crippen LogP contribution in [-0.2, 0) is 0 Å². The minimum absolute atomic E-state index is 0.0217. The van der Waals surface area contributed by atoms with Crippen LogP contribution in [0.2, 0.25) is 5.02 Å². The number of hydrogen-bond donors (Lipinski definition) is 2. The summed E-state index contributed by atoms with van der Waals surface area (Å²) in [5.74, 6) is 0. The fraction of sp³-hybridized carbons (Fsp3) is 0.321. The number of hydrogen-bond acceptors (Lipinski definition) is 8. The summed E-state index contributed by atoms with van der Waals surface area (Å²) in [6.07, 6.45) is 5.87. The maximum atomic E-state index is 9.82. The Balaban J connectivity index is 1.46. The average Bonchev–Trinajstić information content (AvgIpc) is 3.41. The predicted octanol–water partition coefficient (Wildman–Crippen LogP) is 6.96. The number of anilines is 2.